The smallest absolute Gasteiger partial charge is 0.137 e. The molecule has 83 heavy (non-hydrogen) atoms. The lowest BCUT2D eigenvalue weighted by molar-refractivity contribution is 0.332. The predicted octanol–water partition coefficient (Wildman–Crippen LogP) is 21.8. The summed E-state index contributed by atoms with van der Waals surface area (Å²) in [6, 6.07) is 42.1. The minimum absolute atomic E-state index is 0.0322. The molecule has 2 aliphatic rings. The zero-order chi connectivity index (χ0) is 65.7. The van der Waals surface area contributed by atoms with Crippen molar-refractivity contribution < 1.29 is 15.7 Å². The average Bonchev–Trinajstić information content (AvgIpc) is 1.73. The van der Waals surface area contributed by atoms with E-state index in [1.54, 1.807) is 6.20 Å². The van der Waals surface area contributed by atoms with Crippen LogP contribution in [0.4, 0.5) is 22.7 Å². The summed E-state index contributed by atoms with van der Waals surface area (Å²) in [5.74, 6) is 1.57. The molecule has 0 bridgehead atoms. The lowest BCUT2D eigenvalue weighted by Gasteiger charge is -2.42. The molecular formula is C78H84N4O. The van der Waals surface area contributed by atoms with E-state index in [1.807, 2.05) is 71.3 Å². The Labute approximate surface area is 506 Å². The largest absolute Gasteiger partial charge is 0.457 e. The number of pyridine rings is 1. The van der Waals surface area contributed by atoms with Crippen molar-refractivity contribution in [3.05, 3.63) is 215 Å². The third-order valence-corrected chi connectivity index (χ3v) is 17.6. The van der Waals surface area contributed by atoms with Gasteiger partial charge in [-0.3, -0.25) is 4.57 Å². The molecule has 0 unspecified atom stereocenters. The Kier molecular flexibility index (Phi) is 11.2. The summed E-state index contributed by atoms with van der Waals surface area (Å²) >= 11 is 0. The van der Waals surface area contributed by atoms with E-state index in [-0.39, 0.29) is 86.5 Å². The highest BCUT2D eigenvalue weighted by Gasteiger charge is 2.39. The highest BCUT2D eigenvalue weighted by molar-refractivity contribution is 6.09. The fourth-order valence-corrected chi connectivity index (χ4v) is 12.4. The van der Waals surface area contributed by atoms with Gasteiger partial charge in [-0.25, -0.2) is 4.98 Å². The number of hydrogen-bond donors (Lipinski definition) is 0. The molecule has 0 N–H and O–H groups in total. The van der Waals surface area contributed by atoms with Gasteiger partial charge in [-0.2, -0.15) is 0 Å². The maximum absolute atomic E-state index is 10.3. The molecule has 0 spiro atoms. The van der Waals surface area contributed by atoms with Crippen molar-refractivity contribution in [1.82, 2.24) is 9.55 Å². The molecule has 0 atom stereocenters. The maximum atomic E-state index is 10.3. The average molecular weight is 1100 g/mol. The van der Waals surface area contributed by atoms with E-state index < -0.39 is 5.41 Å². The van der Waals surface area contributed by atoms with E-state index in [1.165, 1.54) is 11.1 Å². The molecule has 3 heterocycles. The van der Waals surface area contributed by atoms with E-state index in [0.717, 1.165) is 69.0 Å². The number of para-hydroxylation sites is 3. The fourth-order valence-electron chi connectivity index (χ4n) is 12.4. The van der Waals surface area contributed by atoms with E-state index >= 15 is 0 Å². The van der Waals surface area contributed by atoms with Gasteiger partial charge in [0.2, 0.25) is 0 Å². The molecule has 0 fully saturated rings. The van der Waals surface area contributed by atoms with Gasteiger partial charge in [-0.15, -0.1) is 0 Å². The van der Waals surface area contributed by atoms with E-state index in [9.17, 15) is 6.85 Å². The van der Waals surface area contributed by atoms with Crippen molar-refractivity contribution in [2.24, 2.45) is 0 Å². The minimum atomic E-state index is -0.400. The van der Waals surface area contributed by atoms with Crippen molar-refractivity contribution in [1.29, 1.82) is 0 Å². The Bertz CT molecular complexity index is 4610. The summed E-state index contributed by atoms with van der Waals surface area (Å²) in [6.45, 7) is 35.6. The van der Waals surface area contributed by atoms with Crippen LogP contribution in [-0.4, -0.2) is 16.2 Å². The number of aromatic nitrogens is 2. The van der Waals surface area contributed by atoms with Gasteiger partial charge in [-0.1, -0.05) is 208 Å². The summed E-state index contributed by atoms with van der Waals surface area (Å²) in [4.78, 5) is 9.33. The van der Waals surface area contributed by atoms with Gasteiger partial charge < -0.3 is 14.5 Å². The van der Waals surface area contributed by atoms with Crippen molar-refractivity contribution in [3.8, 4) is 50.7 Å². The highest BCUT2D eigenvalue weighted by Crippen LogP contribution is 2.54. The summed E-state index contributed by atoms with van der Waals surface area (Å²) in [6.07, 6.45) is 3.84. The second kappa shape index (κ2) is 19.9. The van der Waals surface area contributed by atoms with Crippen molar-refractivity contribution in [3.63, 3.8) is 0 Å². The third-order valence-electron chi connectivity index (χ3n) is 17.6. The molecule has 10 aromatic rings. The molecule has 0 radical (unpaired) electrons. The van der Waals surface area contributed by atoms with Crippen LogP contribution in [0.15, 0.2) is 182 Å². The summed E-state index contributed by atoms with van der Waals surface area (Å²) < 4.78 is 85.1. The number of hydrogen-bond acceptors (Lipinski definition) is 4. The molecule has 5 nitrogen and oxygen atoms in total. The van der Waals surface area contributed by atoms with Crippen LogP contribution >= 0.6 is 0 Å². The number of nitrogens with zero attached hydrogens (tertiary/aromatic N) is 4. The van der Waals surface area contributed by atoms with Crippen LogP contribution in [0.2, 0.25) is 0 Å². The Morgan fingerprint density at radius 1 is 0.470 bits per heavy atom. The first kappa shape index (κ1) is 46.6. The molecule has 1 aliphatic heterocycles. The molecule has 5 heteroatoms. The fraction of sp³-hybridized carbons (Fsp3) is 0.321. The van der Waals surface area contributed by atoms with Crippen LogP contribution in [0, 0.1) is 0 Å². The van der Waals surface area contributed by atoms with Crippen LogP contribution in [-0.2, 0) is 32.5 Å². The molecule has 8 aromatic carbocycles. The van der Waals surface area contributed by atoms with Gasteiger partial charge in [0.05, 0.1) is 39.1 Å². The van der Waals surface area contributed by atoms with Crippen LogP contribution in [0.3, 0.4) is 0 Å². The minimum Gasteiger partial charge on any atom is -0.457 e. The first-order chi connectivity index (χ1) is 42.5. The Morgan fingerprint density at radius 3 is 1.76 bits per heavy atom. The predicted molar refractivity (Wildman–Crippen MR) is 354 cm³/mol. The number of benzene rings is 8. The Hall–Kier alpha value is -7.89. The summed E-state index contributed by atoms with van der Waals surface area (Å²) in [5.41, 5.74) is 13.6. The highest BCUT2D eigenvalue weighted by atomic mass is 16.5. The second-order valence-corrected chi connectivity index (χ2v) is 28.7. The van der Waals surface area contributed by atoms with Gasteiger partial charge in [0.25, 0.3) is 0 Å². The van der Waals surface area contributed by atoms with Crippen molar-refractivity contribution in [2.45, 2.75) is 156 Å². The number of ether oxygens (including phenoxy) is 1. The SMILES string of the molecule is [2H]c1c([2H])c(-c2cc(C(C)(C)C)cc(-c3ccc4c(c3)C(C)(C)CCC4(C)C)c2N2CN(c3cccc(Oc4ccc5c6c([2H])c([2H])c([2H])c([2H])c6n(-c6cc(C(C)(C)C)ccn6)c5c4)c3)c3ccccc32)c([2H])c([2H])c1-c1ccc(C(C)(C)C)cc1C(C)(C)C. The Balaban J connectivity index is 1.04. The maximum Gasteiger partial charge on any atom is 0.137 e. The van der Waals surface area contributed by atoms with Gasteiger partial charge >= 0.3 is 0 Å². The monoisotopic (exact) mass is 1100 g/mol. The van der Waals surface area contributed by atoms with E-state index in [2.05, 4.69) is 181 Å². The second-order valence-electron chi connectivity index (χ2n) is 28.7. The van der Waals surface area contributed by atoms with Crippen molar-refractivity contribution in [2.75, 3.05) is 16.5 Å². The summed E-state index contributed by atoms with van der Waals surface area (Å²) in [7, 11) is 0. The third kappa shape index (κ3) is 10.2. The zero-order valence-electron chi connectivity index (χ0n) is 59.5. The van der Waals surface area contributed by atoms with Crippen LogP contribution < -0.4 is 14.5 Å². The number of rotatable bonds is 8. The van der Waals surface area contributed by atoms with Crippen LogP contribution in [0.25, 0.3) is 61.0 Å². The van der Waals surface area contributed by atoms with Gasteiger partial charge in [-0.05, 0) is 168 Å². The molecule has 2 aromatic heterocycles. The van der Waals surface area contributed by atoms with Gasteiger partial charge in [0.1, 0.15) is 24.0 Å². The van der Waals surface area contributed by atoms with Crippen LogP contribution in [0.1, 0.15) is 168 Å². The number of fused-ring (bicyclic) bond motifs is 5. The molecule has 0 saturated heterocycles. The molecule has 1 aliphatic carbocycles. The molecule has 0 saturated carbocycles. The zero-order valence-corrected chi connectivity index (χ0v) is 51.5. The first-order valence-corrected chi connectivity index (χ1v) is 29.5. The lowest BCUT2D eigenvalue weighted by atomic mass is 9.63. The lowest BCUT2D eigenvalue weighted by Crippen LogP contribution is -2.33. The molecule has 422 valence electrons. The van der Waals surface area contributed by atoms with Crippen molar-refractivity contribution >= 4 is 44.6 Å². The van der Waals surface area contributed by atoms with Gasteiger partial charge in [0.15, 0.2) is 0 Å². The molecular weight excluding hydrogens is 1010 g/mol. The quantitative estimate of drug-likeness (QED) is 0.152. The van der Waals surface area contributed by atoms with E-state index in [0.29, 0.717) is 56.9 Å². The normalized spacial score (nSPS) is 16.6. The Morgan fingerprint density at radius 2 is 1.08 bits per heavy atom. The number of anilines is 4. The molecule has 0 amide bonds. The van der Waals surface area contributed by atoms with E-state index in [4.69, 9.17) is 13.8 Å². The topological polar surface area (TPSA) is 33.5 Å². The molecule has 12 rings (SSSR count). The van der Waals surface area contributed by atoms with Gasteiger partial charge in [0, 0.05) is 45.9 Å². The standard InChI is InChI=1S/C78H84N4O/c1-73(2,3)53-33-35-59(65(45-53)76(10,11)12)50-28-30-51(31-29-50)62-43-55(75(7,8)9)44-63(52-32-37-64-66(42-52)78(15,16)40-39-77(64,13)14)72(62)81-49-80(68-26-19-20-27-69(68)81)56-22-21-23-57(47-56)83-58-34-36-61-60-24-17-18-25-67(60)82(70(61)48-58)71-46-54(38-41-79-71)74(4,5)6/h17-38,41-48H,39-40,49H2,1-16H3/i17D,18D,24D,25D,28D,29D,30D,31D. The summed E-state index contributed by atoms with van der Waals surface area (Å²) in [5, 5.41) is 1.04. The first-order valence-electron chi connectivity index (χ1n) is 33.5. The van der Waals surface area contributed by atoms with Crippen LogP contribution in [0.5, 0.6) is 11.5 Å².